The maximum atomic E-state index is 6.14. The fraction of sp³-hybridized carbons (Fsp3) is 0.400. The van der Waals surface area contributed by atoms with Gasteiger partial charge in [0, 0.05) is 31.4 Å². The molecule has 0 unspecified atom stereocenters. The molecule has 2 aromatic carbocycles. The zero-order chi connectivity index (χ0) is 15.6. The van der Waals surface area contributed by atoms with Crippen LogP contribution in [-0.4, -0.2) is 28.9 Å². The van der Waals surface area contributed by atoms with Gasteiger partial charge in [0.25, 0.3) is 0 Å². The van der Waals surface area contributed by atoms with E-state index < -0.39 is 0 Å². The van der Waals surface area contributed by atoms with E-state index in [1.807, 2.05) is 6.07 Å². The molecule has 23 heavy (non-hydrogen) atoms. The van der Waals surface area contributed by atoms with Crippen LogP contribution in [0.5, 0.6) is 0 Å². The molecule has 0 spiro atoms. The Balaban J connectivity index is 1.33. The Morgan fingerprint density at radius 3 is 2.43 bits per heavy atom. The molecule has 0 aliphatic carbocycles. The average molecular weight is 307 g/mol. The normalized spacial score (nSPS) is 19.8. The van der Waals surface area contributed by atoms with Crippen molar-refractivity contribution in [1.82, 2.24) is 9.80 Å². The van der Waals surface area contributed by atoms with E-state index in [2.05, 4.69) is 52.3 Å². The SMILES string of the molecule is Nc1cccc2c1CN(C1CCN(Cc3ccccc3)CC1)C2. The van der Waals surface area contributed by atoms with Gasteiger partial charge in [-0.15, -0.1) is 0 Å². The van der Waals surface area contributed by atoms with Crippen LogP contribution in [0.4, 0.5) is 5.69 Å². The number of rotatable bonds is 3. The van der Waals surface area contributed by atoms with Crippen molar-refractivity contribution in [2.75, 3.05) is 18.8 Å². The molecule has 0 atom stereocenters. The smallest absolute Gasteiger partial charge is 0.0363 e. The first-order valence-electron chi connectivity index (χ1n) is 8.66. The minimum absolute atomic E-state index is 0.703. The lowest BCUT2D eigenvalue weighted by atomic mass is 10.0. The molecule has 120 valence electrons. The van der Waals surface area contributed by atoms with E-state index in [0.717, 1.165) is 25.3 Å². The summed E-state index contributed by atoms with van der Waals surface area (Å²) in [6.45, 7) is 5.58. The summed E-state index contributed by atoms with van der Waals surface area (Å²) in [7, 11) is 0. The molecule has 2 N–H and O–H groups in total. The second kappa shape index (κ2) is 6.34. The van der Waals surface area contributed by atoms with Crippen LogP contribution in [0.2, 0.25) is 0 Å². The van der Waals surface area contributed by atoms with Crippen molar-refractivity contribution >= 4 is 5.69 Å². The highest BCUT2D eigenvalue weighted by atomic mass is 15.2. The van der Waals surface area contributed by atoms with E-state index >= 15 is 0 Å². The highest BCUT2D eigenvalue weighted by Crippen LogP contribution is 2.31. The van der Waals surface area contributed by atoms with Gasteiger partial charge in [-0.1, -0.05) is 42.5 Å². The molecule has 2 aliphatic heterocycles. The molecule has 3 heteroatoms. The van der Waals surface area contributed by atoms with Crippen LogP contribution in [-0.2, 0) is 19.6 Å². The van der Waals surface area contributed by atoms with Crippen molar-refractivity contribution in [3.05, 3.63) is 65.2 Å². The number of nitrogens with zero attached hydrogens (tertiary/aromatic N) is 2. The third-order valence-corrected chi connectivity index (χ3v) is 5.37. The second-order valence-electron chi connectivity index (χ2n) is 6.88. The van der Waals surface area contributed by atoms with Gasteiger partial charge in [-0.05, 0) is 48.7 Å². The van der Waals surface area contributed by atoms with Crippen molar-refractivity contribution in [2.24, 2.45) is 0 Å². The standard InChI is InChI=1S/C20H25N3/c21-20-8-4-7-17-14-23(15-19(17)20)18-9-11-22(12-10-18)13-16-5-2-1-3-6-16/h1-8,18H,9-15,21H2. The van der Waals surface area contributed by atoms with Crippen molar-refractivity contribution in [3.63, 3.8) is 0 Å². The van der Waals surface area contributed by atoms with Gasteiger partial charge in [0.15, 0.2) is 0 Å². The number of hydrogen-bond acceptors (Lipinski definition) is 3. The van der Waals surface area contributed by atoms with Crippen LogP contribution in [0.25, 0.3) is 0 Å². The molecule has 1 saturated heterocycles. The molecule has 0 amide bonds. The number of nitrogen functional groups attached to an aromatic ring is 1. The Morgan fingerprint density at radius 2 is 1.70 bits per heavy atom. The minimum atomic E-state index is 0.703. The molecule has 1 fully saturated rings. The van der Waals surface area contributed by atoms with Gasteiger partial charge in [-0.25, -0.2) is 0 Å². The van der Waals surface area contributed by atoms with Crippen molar-refractivity contribution in [1.29, 1.82) is 0 Å². The summed E-state index contributed by atoms with van der Waals surface area (Å²) >= 11 is 0. The average Bonchev–Trinajstić information content (AvgIpc) is 3.02. The second-order valence-corrected chi connectivity index (χ2v) is 6.88. The van der Waals surface area contributed by atoms with Crippen molar-refractivity contribution in [2.45, 2.75) is 38.5 Å². The number of fused-ring (bicyclic) bond motifs is 1. The maximum Gasteiger partial charge on any atom is 0.0363 e. The maximum absolute atomic E-state index is 6.14. The van der Waals surface area contributed by atoms with E-state index in [1.54, 1.807) is 0 Å². The summed E-state index contributed by atoms with van der Waals surface area (Å²) in [6.07, 6.45) is 2.53. The van der Waals surface area contributed by atoms with E-state index in [1.165, 1.54) is 42.6 Å². The zero-order valence-electron chi connectivity index (χ0n) is 13.6. The molecule has 0 saturated carbocycles. The number of anilines is 1. The van der Waals surface area contributed by atoms with Crippen molar-refractivity contribution < 1.29 is 0 Å². The molecule has 2 heterocycles. The van der Waals surface area contributed by atoms with Crippen LogP contribution in [0.1, 0.15) is 29.5 Å². The molecular weight excluding hydrogens is 282 g/mol. The quantitative estimate of drug-likeness (QED) is 0.884. The Morgan fingerprint density at radius 1 is 0.913 bits per heavy atom. The zero-order valence-corrected chi connectivity index (χ0v) is 13.6. The third-order valence-electron chi connectivity index (χ3n) is 5.37. The van der Waals surface area contributed by atoms with Gasteiger partial charge in [0.1, 0.15) is 0 Å². The highest BCUT2D eigenvalue weighted by molar-refractivity contribution is 5.52. The lowest BCUT2D eigenvalue weighted by Crippen LogP contribution is -2.42. The number of piperidine rings is 1. The van der Waals surface area contributed by atoms with Crippen LogP contribution in [0, 0.1) is 0 Å². The monoisotopic (exact) mass is 307 g/mol. The first kappa shape index (κ1) is 14.7. The largest absolute Gasteiger partial charge is 0.398 e. The van der Waals surface area contributed by atoms with Gasteiger partial charge >= 0.3 is 0 Å². The number of nitrogens with two attached hydrogens (primary N) is 1. The first-order valence-corrected chi connectivity index (χ1v) is 8.66. The summed E-state index contributed by atoms with van der Waals surface area (Å²) in [5.41, 5.74) is 11.3. The Kier molecular flexibility index (Phi) is 4.06. The van der Waals surface area contributed by atoms with E-state index in [9.17, 15) is 0 Å². The van der Waals surface area contributed by atoms with Gasteiger partial charge in [-0.2, -0.15) is 0 Å². The van der Waals surface area contributed by atoms with Crippen LogP contribution < -0.4 is 5.73 Å². The van der Waals surface area contributed by atoms with Gasteiger partial charge in [-0.3, -0.25) is 9.80 Å². The molecule has 0 aromatic heterocycles. The molecule has 0 radical (unpaired) electrons. The molecular formula is C20H25N3. The molecule has 3 nitrogen and oxygen atoms in total. The Hall–Kier alpha value is -1.84. The van der Waals surface area contributed by atoms with E-state index in [-0.39, 0.29) is 0 Å². The Labute approximate surface area is 138 Å². The highest BCUT2D eigenvalue weighted by Gasteiger charge is 2.29. The number of likely N-dealkylation sites (tertiary alicyclic amines) is 1. The molecule has 2 aliphatic rings. The van der Waals surface area contributed by atoms with Gasteiger partial charge < -0.3 is 5.73 Å². The topological polar surface area (TPSA) is 32.5 Å². The van der Waals surface area contributed by atoms with E-state index in [0.29, 0.717) is 6.04 Å². The predicted octanol–water partition coefficient (Wildman–Crippen LogP) is 3.25. The third kappa shape index (κ3) is 3.12. The first-order chi connectivity index (χ1) is 11.3. The number of benzene rings is 2. The summed E-state index contributed by atoms with van der Waals surface area (Å²) in [6, 6.07) is 17.9. The summed E-state index contributed by atoms with van der Waals surface area (Å²) < 4.78 is 0. The van der Waals surface area contributed by atoms with Gasteiger partial charge in [0.2, 0.25) is 0 Å². The van der Waals surface area contributed by atoms with Gasteiger partial charge in [0.05, 0.1) is 0 Å². The Bertz CT molecular complexity index is 660. The fourth-order valence-electron chi connectivity index (χ4n) is 4.02. The van der Waals surface area contributed by atoms with Crippen LogP contribution >= 0.6 is 0 Å². The van der Waals surface area contributed by atoms with Crippen LogP contribution in [0.15, 0.2) is 48.5 Å². The lowest BCUT2D eigenvalue weighted by Gasteiger charge is -2.36. The van der Waals surface area contributed by atoms with E-state index in [4.69, 9.17) is 5.73 Å². The predicted molar refractivity (Wildman–Crippen MR) is 94.8 cm³/mol. The molecule has 2 aromatic rings. The number of hydrogen-bond donors (Lipinski definition) is 1. The minimum Gasteiger partial charge on any atom is -0.398 e. The lowest BCUT2D eigenvalue weighted by molar-refractivity contribution is 0.103. The summed E-state index contributed by atoms with van der Waals surface area (Å²) in [5, 5.41) is 0. The molecule has 4 rings (SSSR count). The summed E-state index contributed by atoms with van der Waals surface area (Å²) in [4.78, 5) is 5.21. The molecule has 0 bridgehead atoms. The fourth-order valence-corrected chi connectivity index (χ4v) is 4.02. The van der Waals surface area contributed by atoms with Crippen molar-refractivity contribution in [3.8, 4) is 0 Å². The van der Waals surface area contributed by atoms with Crippen LogP contribution in [0.3, 0.4) is 0 Å². The summed E-state index contributed by atoms with van der Waals surface area (Å²) in [5.74, 6) is 0.